The summed E-state index contributed by atoms with van der Waals surface area (Å²) in [4.78, 5) is 30.1. The van der Waals surface area contributed by atoms with Crippen LogP contribution in [0.15, 0.2) is 42.5 Å². The average molecular weight is 466 g/mol. The molecule has 2 heterocycles. The summed E-state index contributed by atoms with van der Waals surface area (Å²) >= 11 is 1.44. The van der Waals surface area contributed by atoms with Crippen molar-refractivity contribution >= 4 is 28.3 Å². The van der Waals surface area contributed by atoms with Crippen LogP contribution in [0.25, 0.3) is 0 Å². The van der Waals surface area contributed by atoms with E-state index in [-0.39, 0.29) is 11.6 Å². The first kappa shape index (κ1) is 22.8. The van der Waals surface area contributed by atoms with E-state index in [9.17, 15) is 14.9 Å². The van der Waals surface area contributed by atoms with Gasteiger partial charge in [-0.3, -0.25) is 14.9 Å². The van der Waals surface area contributed by atoms with E-state index in [4.69, 9.17) is 4.98 Å². The minimum atomic E-state index is -0.457. The second-order valence-electron chi connectivity index (χ2n) is 8.55. The van der Waals surface area contributed by atoms with Crippen LogP contribution in [0, 0.1) is 29.9 Å². The molecule has 9 heteroatoms. The van der Waals surface area contributed by atoms with Crippen LogP contribution < -0.4 is 10.2 Å². The maximum atomic E-state index is 12.5. The Morgan fingerprint density at radius 3 is 2.61 bits per heavy atom. The summed E-state index contributed by atoms with van der Waals surface area (Å²) in [5.41, 5.74) is 3.28. The molecule has 1 fully saturated rings. The zero-order chi connectivity index (χ0) is 23.4. The molecule has 1 N–H and O–H groups in total. The number of carbonyl (C=O) groups is 1. The molecule has 1 aromatic heterocycles. The molecule has 0 saturated carbocycles. The molecule has 0 aliphatic carbocycles. The van der Waals surface area contributed by atoms with Crippen molar-refractivity contribution in [2.45, 2.75) is 33.1 Å². The van der Waals surface area contributed by atoms with Gasteiger partial charge in [0.25, 0.3) is 11.6 Å². The predicted molar refractivity (Wildman–Crippen MR) is 129 cm³/mol. The van der Waals surface area contributed by atoms with Crippen molar-refractivity contribution in [3.05, 3.63) is 80.7 Å². The number of nitro benzene ring substituents is 1. The van der Waals surface area contributed by atoms with E-state index in [2.05, 4.69) is 45.8 Å². The number of nitro groups is 1. The summed E-state index contributed by atoms with van der Waals surface area (Å²) in [6.07, 6.45) is 2.62. The van der Waals surface area contributed by atoms with E-state index in [1.54, 1.807) is 19.1 Å². The Morgan fingerprint density at radius 1 is 1.18 bits per heavy atom. The first-order valence-corrected chi connectivity index (χ1v) is 11.8. The third-order valence-electron chi connectivity index (χ3n) is 6.04. The van der Waals surface area contributed by atoms with Crippen LogP contribution in [-0.4, -0.2) is 39.8 Å². The maximum Gasteiger partial charge on any atom is 0.273 e. The lowest BCUT2D eigenvalue weighted by molar-refractivity contribution is -0.385. The molecule has 2 aromatic carbocycles. The number of rotatable bonds is 7. The van der Waals surface area contributed by atoms with Gasteiger partial charge in [-0.15, -0.1) is 0 Å². The number of anilines is 1. The monoisotopic (exact) mass is 465 g/mol. The van der Waals surface area contributed by atoms with Gasteiger partial charge in [0.2, 0.25) is 5.13 Å². The zero-order valence-corrected chi connectivity index (χ0v) is 19.6. The Hall–Kier alpha value is -3.33. The third-order valence-corrected chi connectivity index (χ3v) is 6.86. The fourth-order valence-corrected chi connectivity index (χ4v) is 4.68. The molecule has 0 bridgehead atoms. The molecule has 1 saturated heterocycles. The standard InChI is InChI=1S/C24H27N5O3S/c1-16-3-6-18(7-4-16)13-22-26-24(33-27-22)28-11-9-19(10-12-28)15-25-23(30)20-8-5-17(2)21(14-20)29(31)32/h3-8,14,19H,9-13,15H2,1-2H3,(H,25,30). The van der Waals surface area contributed by atoms with Crippen molar-refractivity contribution in [3.8, 4) is 0 Å². The van der Waals surface area contributed by atoms with Crippen molar-refractivity contribution in [1.29, 1.82) is 0 Å². The summed E-state index contributed by atoms with van der Waals surface area (Å²) in [6, 6.07) is 13.0. The van der Waals surface area contributed by atoms with Gasteiger partial charge in [0.1, 0.15) is 5.82 Å². The van der Waals surface area contributed by atoms with Crippen molar-refractivity contribution < 1.29 is 9.72 Å². The van der Waals surface area contributed by atoms with Crippen LogP contribution in [0.1, 0.15) is 45.7 Å². The molecule has 1 aliphatic heterocycles. The first-order chi connectivity index (χ1) is 15.9. The molecule has 0 radical (unpaired) electrons. The molecule has 1 aliphatic rings. The maximum absolute atomic E-state index is 12.5. The second-order valence-corrected chi connectivity index (χ2v) is 9.28. The van der Waals surface area contributed by atoms with Crippen molar-refractivity contribution in [3.63, 3.8) is 0 Å². The molecule has 172 valence electrons. The van der Waals surface area contributed by atoms with Gasteiger partial charge in [0.15, 0.2) is 0 Å². The van der Waals surface area contributed by atoms with Gasteiger partial charge in [-0.1, -0.05) is 35.9 Å². The number of nitrogens with one attached hydrogen (secondary N) is 1. The van der Waals surface area contributed by atoms with Gasteiger partial charge < -0.3 is 10.2 Å². The number of piperidine rings is 1. The van der Waals surface area contributed by atoms with Crippen molar-refractivity contribution in [1.82, 2.24) is 14.7 Å². The molecule has 0 atom stereocenters. The summed E-state index contributed by atoms with van der Waals surface area (Å²) in [5, 5.41) is 15.0. The summed E-state index contributed by atoms with van der Waals surface area (Å²) in [7, 11) is 0. The molecular formula is C24H27N5O3S. The van der Waals surface area contributed by atoms with Gasteiger partial charge in [-0.2, -0.15) is 4.37 Å². The zero-order valence-electron chi connectivity index (χ0n) is 18.8. The lowest BCUT2D eigenvalue weighted by Gasteiger charge is -2.31. The summed E-state index contributed by atoms with van der Waals surface area (Å²) < 4.78 is 4.53. The van der Waals surface area contributed by atoms with E-state index in [1.165, 1.54) is 28.7 Å². The molecule has 4 rings (SSSR count). The van der Waals surface area contributed by atoms with Gasteiger partial charge in [0, 0.05) is 54.8 Å². The minimum Gasteiger partial charge on any atom is -0.352 e. The molecule has 0 unspecified atom stereocenters. The molecule has 0 spiro atoms. The minimum absolute atomic E-state index is 0.0326. The number of hydrogen-bond acceptors (Lipinski definition) is 7. The molecule has 33 heavy (non-hydrogen) atoms. The lowest BCUT2D eigenvalue weighted by Crippen LogP contribution is -2.38. The first-order valence-electron chi connectivity index (χ1n) is 11.1. The number of nitrogens with zero attached hydrogens (tertiary/aromatic N) is 4. The Kier molecular flexibility index (Phi) is 6.98. The third kappa shape index (κ3) is 5.73. The Morgan fingerprint density at radius 2 is 1.91 bits per heavy atom. The number of aryl methyl sites for hydroxylation is 2. The van der Waals surface area contributed by atoms with Crippen molar-refractivity contribution in [2.75, 3.05) is 24.5 Å². The quantitative estimate of drug-likeness (QED) is 0.412. The number of carbonyl (C=O) groups excluding carboxylic acids is 1. The number of aromatic nitrogens is 2. The van der Waals surface area contributed by atoms with Crippen LogP contribution >= 0.6 is 11.5 Å². The van der Waals surface area contributed by atoms with Crippen LogP contribution in [0.4, 0.5) is 10.8 Å². The highest BCUT2D eigenvalue weighted by Crippen LogP contribution is 2.25. The second kappa shape index (κ2) is 10.1. The predicted octanol–water partition coefficient (Wildman–Crippen LogP) is 4.30. The molecule has 8 nitrogen and oxygen atoms in total. The summed E-state index contributed by atoms with van der Waals surface area (Å²) in [5.74, 6) is 0.941. The highest BCUT2D eigenvalue weighted by atomic mass is 32.1. The topological polar surface area (TPSA) is 101 Å². The highest BCUT2D eigenvalue weighted by Gasteiger charge is 2.23. The molecule has 1 amide bonds. The number of hydrogen-bond donors (Lipinski definition) is 1. The lowest BCUT2D eigenvalue weighted by atomic mass is 9.97. The summed E-state index contributed by atoms with van der Waals surface area (Å²) in [6.45, 7) is 6.04. The van der Waals surface area contributed by atoms with Gasteiger partial charge >= 0.3 is 0 Å². The van der Waals surface area contributed by atoms with Gasteiger partial charge in [0.05, 0.1) is 4.92 Å². The average Bonchev–Trinajstić information content (AvgIpc) is 3.28. The Labute approximate surface area is 197 Å². The van der Waals surface area contributed by atoms with Crippen molar-refractivity contribution in [2.24, 2.45) is 5.92 Å². The van der Waals surface area contributed by atoms with Gasteiger partial charge in [-0.05, 0) is 44.2 Å². The fraction of sp³-hybridized carbons (Fsp3) is 0.375. The van der Waals surface area contributed by atoms with E-state index < -0.39 is 4.92 Å². The number of benzene rings is 2. The normalized spacial score (nSPS) is 14.3. The number of amides is 1. The van der Waals surface area contributed by atoms with E-state index in [0.29, 0.717) is 23.6 Å². The van der Waals surface area contributed by atoms with Crippen LogP contribution in [0.5, 0.6) is 0 Å². The highest BCUT2D eigenvalue weighted by molar-refractivity contribution is 7.09. The van der Waals surface area contributed by atoms with Gasteiger partial charge in [-0.25, -0.2) is 4.98 Å². The fourth-order valence-electron chi connectivity index (χ4n) is 3.95. The molecule has 3 aromatic rings. The van der Waals surface area contributed by atoms with E-state index in [0.717, 1.165) is 43.3 Å². The van der Waals surface area contributed by atoms with Crippen LogP contribution in [-0.2, 0) is 6.42 Å². The largest absolute Gasteiger partial charge is 0.352 e. The van der Waals surface area contributed by atoms with Crippen LogP contribution in [0.3, 0.4) is 0 Å². The smallest absolute Gasteiger partial charge is 0.273 e. The SMILES string of the molecule is Cc1ccc(Cc2nsc(N3CCC(CNC(=O)c4ccc(C)c([N+](=O)[O-])c4)CC3)n2)cc1. The van der Waals surface area contributed by atoms with E-state index >= 15 is 0 Å². The van der Waals surface area contributed by atoms with Crippen LogP contribution in [0.2, 0.25) is 0 Å². The Bertz CT molecular complexity index is 1140. The molecular weight excluding hydrogens is 438 g/mol. The Balaban J connectivity index is 1.26. The van der Waals surface area contributed by atoms with E-state index in [1.807, 2.05) is 0 Å².